The van der Waals surface area contributed by atoms with Crippen LogP contribution in [0.15, 0.2) is 66.7 Å². The molecule has 0 saturated heterocycles. The highest BCUT2D eigenvalue weighted by molar-refractivity contribution is 6.18. The van der Waals surface area contributed by atoms with E-state index in [2.05, 4.69) is 5.32 Å². The van der Waals surface area contributed by atoms with Gasteiger partial charge in [0.1, 0.15) is 11.6 Å². The summed E-state index contributed by atoms with van der Waals surface area (Å²) in [5.74, 6) is -0.780. The lowest BCUT2D eigenvalue weighted by atomic mass is 10.0. The standard InChI is InChI=1S/C22H19ClF2N2O2/c23-10-11-26-20-13-19(25)21(12-18(20)16-4-2-1-3-5-16)27(22(28)29)14-15-6-8-17(24)9-7-15/h1-9,12-13,26H,10-11,14H2,(H,28,29). The Morgan fingerprint density at radius 1 is 1.03 bits per heavy atom. The zero-order valence-electron chi connectivity index (χ0n) is 15.4. The summed E-state index contributed by atoms with van der Waals surface area (Å²) in [5, 5.41) is 12.8. The van der Waals surface area contributed by atoms with Crippen molar-refractivity contribution >= 4 is 29.1 Å². The maximum atomic E-state index is 14.9. The Hall–Kier alpha value is -3.12. The molecule has 0 aliphatic rings. The Bertz CT molecular complexity index is 982. The largest absolute Gasteiger partial charge is 0.465 e. The first-order valence-electron chi connectivity index (χ1n) is 8.93. The number of carbonyl (C=O) groups is 1. The van der Waals surface area contributed by atoms with E-state index < -0.39 is 17.7 Å². The minimum absolute atomic E-state index is 0.0860. The van der Waals surface area contributed by atoms with E-state index in [4.69, 9.17) is 11.6 Å². The molecule has 0 aliphatic carbocycles. The van der Waals surface area contributed by atoms with E-state index in [0.29, 0.717) is 29.2 Å². The van der Waals surface area contributed by atoms with Crippen molar-refractivity contribution in [3.05, 3.63) is 83.9 Å². The lowest BCUT2D eigenvalue weighted by molar-refractivity contribution is 0.201. The number of hydrogen-bond acceptors (Lipinski definition) is 2. The highest BCUT2D eigenvalue weighted by atomic mass is 35.5. The number of rotatable bonds is 7. The molecular formula is C22H19ClF2N2O2. The Morgan fingerprint density at radius 3 is 2.34 bits per heavy atom. The van der Waals surface area contributed by atoms with Gasteiger partial charge < -0.3 is 10.4 Å². The van der Waals surface area contributed by atoms with Gasteiger partial charge in [-0.15, -0.1) is 11.6 Å². The molecule has 2 N–H and O–H groups in total. The summed E-state index contributed by atoms with van der Waals surface area (Å²) in [6.07, 6.45) is -1.31. The lowest BCUT2D eigenvalue weighted by Gasteiger charge is -2.22. The Morgan fingerprint density at radius 2 is 1.72 bits per heavy atom. The van der Waals surface area contributed by atoms with E-state index in [-0.39, 0.29) is 12.2 Å². The van der Waals surface area contributed by atoms with Gasteiger partial charge >= 0.3 is 6.09 Å². The van der Waals surface area contributed by atoms with Crippen molar-refractivity contribution in [2.24, 2.45) is 0 Å². The maximum absolute atomic E-state index is 14.9. The smallest absolute Gasteiger partial charge is 0.412 e. The molecule has 0 bridgehead atoms. The molecule has 29 heavy (non-hydrogen) atoms. The molecule has 0 fully saturated rings. The Labute approximate surface area is 172 Å². The van der Waals surface area contributed by atoms with Crippen molar-refractivity contribution in [2.75, 3.05) is 22.6 Å². The van der Waals surface area contributed by atoms with Crippen LogP contribution < -0.4 is 10.2 Å². The summed E-state index contributed by atoms with van der Waals surface area (Å²) in [7, 11) is 0. The topological polar surface area (TPSA) is 52.6 Å². The molecule has 1 amide bonds. The summed E-state index contributed by atoms with van der Waals surface area (Å²) in [5.41, 5.74) is 2.43. The molecule has 150 valence electrons. The average molecular weight is 417 g/mol. The first kappa shape index (κ1) is 20.6. The molecule has 0 unspecified atom stereocenters. The van der Waals surface area contributed by atoms with Crippen LogP contribution in [0.2, 0.25) is 0 Å². The summed E-state index contributed by atoms with van der Waals surface area (Å²) < 4.78 is 28.1. The molecule has 3 aromatic carbocycles. The van der Waals surface area contributed by atoms with Gasteiger partial charge in [-0.1, -0.05) is 42.5 Å². The Balaban J connectivity index is 2.06. The van der Waals surface area contributed by atoms with Gasteiger partial charge in [0.25, 0.3) is 0 Å². The van der Waals surface area contributed by atoms with Crippen molar-refractivity contribution in [3.8, 4) is 11.1 Å². The molecule has 0 aliphatic heterocycles. The summed E-state index contributed by atoms with van der Waals surface area (Å²) in [6.45, 7) is 0.313. The van der Waals surface area contributed by atoms with Crippen molar-refractivity contribution in [3.63, 3.8) is 0 Å². The quantitative estimate of drug-likeness (QED) is 0.467. The summed E-state index contributed by atoms with van der Waals surface area (Å²) in [4.78, 5) is 12.8. The van der Waals surface area contributed by atoms with Crippen LogP contribution in [0.4, 0.5) is 25.0 Å². The Kier molecular flexibility index (Phi) is 6.67. The van der Waals surface area contributed by atoms with E-state index in [0.717, 1.165) is 10.5 Å². The van der Waals surface area contributed by atoms with E-state index >= 15 is 0 Å². The third-order valence-electron chi connectivity index (χ3n) is 4.36. The monoisotopic (exact) mass is 416 g/mol. The predicted octanol–water partition coefficient (Wildman–Crippen LogP) is 5.97. The average Bonchev–Trinajstić information content (AvgIpc) is 2.72. The lowest BCUT2D eigenvalue weighted by Crippen LogP contribution is -2.29. The number of hydrogen-bond donors (Lipinski definition) is 2. The van der Waals surface area contributed by atoms with Gasteiger partial charge in [0.15, 0.2) is 0 Å². The van der Waals surface area contributed by atoms with Crippen molar-refractivity contribution in [2.45, 2.75) is 6.54 Å². The molecule has 3 rings (SSSR count). The SMILES string of the molecule is O=C(O)N(Cc1ccc(F)cc1)c1cc(-c2ccccc2)c(NCCCl)cc1F. The normalized spacial score (nSPS) is 10.6. The molecule has 0 aromatic heterocycles. The number of halogens is 3. The van der Waals surface area contributed by atoms with Crippen LogP contribution in [0.25, 0.3) is 11.1 Å². The van der Waals surface area contributed by atoms with E-state index in [9.17, 15) is 18.7 Å². The van der Waals surface area contributed by atoms with E-state index in [1.807, 2.05) is 30.3 Å². The van der Waals surface area contributed by atoms with Gasteiger partial charge in [-0.2, -0.15) is 0 Å². The second-order valence-corrected chi connectivity index (χ2v) is 6.70. The molecular weight excluding hydrogens is 398 g/mol. The number of benzene rings is 3. The first-order valence-corrected chi connectivity index (χ1v) is 9.46. The number of amides is 1. The van der Waals surface area contributed by atoms with Crippen LogP contribution in [0.1, 0.15) is 5.56 Å². The maximum Gasteiger partial charge on any atom is 0.412 e. The van der Waals surface area contributed by atoms with Crippen LogP contribution in [-0.4, -0.2) is 23.6 Å². The minimum Gasteiger partial charge on any atom is -0.465 e. The fourth-order valence-corrected chi connectivity index (χ4v) is 3.08. The highest BCUT2D eigenvalue weighted by Crippen LogP contribution is 2.35. The van der Waals surface area contributed by atoms with Crippen molar-refractivity contribution in [1.29, 1.82) is 0 Å². The highest BCUT2D eigenvalue weighted by Gasteiger charge is 2.21. The molecule has 0 saturated carbocycles. The number of anilines is 2. The fraction of sp³-hybridized carbons (Fsp3) is 0.136. The number of carboxylic acid groups (broad SMARTS) is 1. The first-order chi connectivity index (χ1) is 14.0. The van der Waals surface area contributed by atoms with Crippen LogP contribution in [0.3, 0.4) is 0 Å². The van der Waals surface area contributed by atoms with Crippen LogP contribution in [0, 0.1) is 11.6 Å². The van der Waals surface area contributed by atoms with Gasteiger partial charge in [0, 0.05) is 23.7 Å². The molecule has 3 aromatic rings. The van der Waals surface area contributed by atoms with E-state index in [1.165, 1.54) is 36.4 Å². The zero-order valence-corrected chi connectivity index (χ0v) is 16.2. The fourth-order valence-electron chi connectivity index (χ4n) is 2.98. The molecule has 0 radical (unpaired) electrons. The van der Waals surface area contributed by atoms with Gasteiger partial charge in [-0.05, 0) is 35.4 Å². The van der Waals surface area contributed by atoms with Crippen LogP contribution in [-0.2, 0) is 6.54 Å². The minimum atomic E-state index is -1.31. The second-order valence-electron chi connectivity index (χ2n) is 6.33. The van der Waals surface area contributed by atoms with Gasteiger partial charge in [0.2, 0.25) is 0 Å². The molecule has 0 atom stereocenters. The second kappa shape index (κ2) is 9.39. The predicted molar refractivity (Wildman–Crippen MR) is 112 cm³/mol. The molecule has 0 heterocycles. The number of nitrogens with zero attached hydrogens (tertiary/aromatic N) is 1. The van der Waals surface area contributed by atoms with Gasteiger partial charge in [-0.25, -0.2) is 13.6 Å². The van der Waals surface area contributed by atoms with Crippen LogP contribution >= 0.6 is 11.6 Å². The zero-order chi connectivity index (χ0) is 20.8. The summed E-state index contributed by atoms with van der Waals surface area (Å²) >= 11 is 5.75. The third kappa shape index (κ3) is 5.03. The molecule has 7 heteroatoms. The van der Waals surface area contributed by atoms with Gasteiger partial charge in [0.05, 0.1) is 12.2 Å². The molecule has 4 nitrogen and oxygen atoms in total. The van der Waals surface area contributed by atoms with E-state index in [1.54, 1.807) is 0 Å². The van der Waals surface area contributed by atoms with Crippen molar-refractivity contribution < 1.29 is 18.7 Å². The van der Waals surface area contributed by atoms with Gasteiger partial charge in [-0.3, -0.25) is 4.90 Å². The number of alkyl halides is 1. The summed E-state index contributed by atoms with van der Waals surface area (Å²) in [6, 6.07) is 17.4. The third-order valence-corrected chi connectivity index (χ3v) is 4.55. The van der Waals surface area contributed by atoms with Crippen molar-refractivity contribution in [1.82, 2.24) is 0 Å². The van der Waals surface area contributed by atoms with Crippen LogP contribution in [0.5, 0.6) is 0 Å². The number of nitrogens with one attached hydrogen (secondary N) is 1. The molecule has 0 spiro atoms.